The van der Waals surface area contributed by atoms with Gasteiger partial charge in [-0.25, -0.2) is 14.2 Å². The number of rotatable bonds is 8. The summed E-state index contributed by atoms with van der Waals surface area (Å²) in [6.07, 6.45) is 0.308. The van der Waals surface area contributed by atoms with Crippen molar-refractivity contribution in [2.45, 2.75) is 32.4 Å². The first-order valence-corrected chi connectivity index (χ1v) is 11.5. The van der Waals surface area contributed by atoms with E-state index in [1.165, 1.54) is 23.1 Å². The third-order valence-electron chi connectivity index (χ3n) is 5.72. The van der Waals surface area contributed by atoms with Gasteiger partial charge in [0.1, 0.15) is 12.4 Å². The summed E-state index contributed by atoms with van der Waals surface area (Å²) in [5, 5.41) is 8.66. The Kier molecular flexibility index (Phi) is 7.50. The summed E-state index contributed by atoms with van der Waals surface area (Å²) in [5.74, 6) is 0.389. The van der Waals surface area contributed by atoms with Crippen LogP contribution in [0.5, 0.6) is 11.5 Å². The van der Waals surface area contributed by atoms with Crippen molar-refractivity contribution in [1.29, 1.82) is 0 Å². The van der Waals surface area contributed by atoms with Crippen molar-refractivity contribution in [3.8, 4) is 11.5 Å². The summed E-state index contributed by atoms with van der Waals surface area (Å²) < 4.78 is 30.6. The minimum Gasteiger partial charge on any atom is -0.454 e. The summed E-state index contributed by atoms with van der Waals surface area (Å²) in [7, 11) is 1.53. The minimum atomic E-state index is -0.496. The van der Waals surface area contributed by atoms with Crippen LogP contribution in [0, 0.1) is 5.82 Å². The first-order chi connectivity index (χ1) is 16.9. The lowest BCUT2D eigenvalue weighted by atomic mass is 9.97. The predicted octanol–water partition coefficient (Wildman–Crippen LogP) is 3.30. The highest BCUT2D eigenvalue weighted by Crippen LogP contribution is 2.39. The molecular weight excluding hydrogens is 455 g/mol. The van der Waals surface area contributed by atoms with Crippen molar-refractivity contribution in [2.75, 3.05) is 33.6 Å². The highest BCUT2D eigenvalue weighted by atomic mass is 19.1. The molecule has 2 aliphatic heterocycles. The molecule has 10 heteroatoms. The van der Waals surface area contributed by atoms with Crippen molar-refractivity contribution in [1.82, 2.24) is 15.2 Å². The van der Waals surface area contributed by atoms with Crippen LogP contribution in [0.15, 0.2) is 47.6 Å². The molecule has 2 heterocycles. The van der Waals surface area contributed by atoms with Gasteiger partial charge in [0.2, 0.25) is 6.79 Å². The highest BCUT2D eigenvalue weighted by molar-refractivity contribution is 6.03. The second-order valence-electron chi connectivity index (χ2n) is 8.62. The van der Waals surface area contributed by atoms with E-state index in [-0.39, 0.29) is 38.6 Å². The van der Waals surface area contributed by atoms with Crippen molar-refractivity contribution in [3.63, 3.8) is 0 Å². The van der Waals surface area contributed by atoms with Crippen LogP contribution in [-0.2, 0) is 9.53 Å². The van der Waals surface area contributed by atoms with E-state index in [2.05, 4.69) is 10.4 Å². The lowest BCUT2D eigenvalue weighted by Crippen LogP contribution is -2.48. The molecule has 2 aliphatic rings. The van der Waals surface area contributed by atoms with E-state index < -0.39 is 17.8 Å². The second kappa shape index (κ2) is 10.7. The number of carbonyl (C=O) groups excluding carboxylic acids is 2. The lowest BCUT2D eigenvalue weighted by Gasteiger charge is -2.27. The number of urea groups is 1. The number of ether oxygens (including phenoxy) is 3. The first-order valence-electron chi connectivity index (χ1n) is 11.5. The monoisotopic (exact) mass is 484 g/mol. The summed E-state index contributed by atoms with van der Waals surface area (Å²) in [6, 6.07) is 10.8. The fourth-order valence-corrected chi connectivity index (χ4v) is 4.01. The quantitative estimate of drug-likeness (QED) is 0.621. The second-order valence-corrected chi connectivity index (χ2v) is 8.62. The normalized spacial score (nSPS) is 16.4. The van der Waals surface area contributed by atoms with E-state index in [1.807, 2.05) is 19.9 Å². The van der Waals surface area contributed by atoms with Gasteiger partial charge in [-0.15, -0.1) is 0 Å². The highest BCUT2D eigenvalue weighted by Gasteiger charge is 2.36. The van der Waals surface area contributed by atoms with Crippen molar-refractivity contribution in [3.05, 3.63) is 59.4 Å². The summed E-state index contributed by atoms with van der Waals surface area (Å²) in [5.41, 5.74) is 1.56. The summed E-state index contributed by atoms with van der Waals surface area (Å²) >= 11 is 0. The molecule has 186 valence electrons. The maximum Gasteiger partial charge on any atom is 0.318 e. The van der Waals surface area contributed by atoms with Gasteiger partial charge < -0.3 is 24.4 Å². The SMILES string of the molecule is COCCN(CC(=O)N1N=C(c2ccccc2F)C[C@H]1c1ccc2c(c1)OCO2)C(=O)NC(C)C. The Morgan fingerprint density at radius 2 is 2.00 bits per heavy atom. The molecular formula is C25H29FN4O5. The minimum absolute atomic E-state index is 0.0958. The van der Waals surface area contributed by atoms with Crippen molar-refractivity contribution >= 4 is 17.6 Å². The summed E-state index contributed by atoms with van der Waals surface area (Å²) in [4.78, 5) is 27.6. The standard InChI is InChI=1S/C25H29FN4O5/c1-16(2)27-25(32)29(10-11-33-3)14-24(31)30-21(17-8-9-22-23(12-17)35-15-34-22)13-20(28-30)18-6-4-5-7-19(18)26/h4-9,12,16,21H,10-11,13-15H2,1-3H3,(H,27,32)/t21-/m0/s1. The van der Waals surface area contributed by atoms with E-state index in [1.54, 1.807) is 30.3 Å². The number of methoxy groups -OCH3 is 1. The number of hydrogen-bond acceptors (Lipinski definition) is 6. The van der Waals surface area contributed by atoms with Crippen LogP contribution in [0.1, 0.15) is 37.4 Å². The molecule has 0 bridgehead atoms. The van der Waals surface area contributed by atoms with Gasteiger partial charge in [-0.2, -0.15) is 5.10 Å². The Morgan fingerprint density at radius 1 is 1.23 bits per heavy atom. The third-order valence-corrected chi connectivity index (χ3v) is 5.72. The molecule has 1 N–H and O–H groups in total. The molecule has 0 aliphatic carbocycles. The number of amides is 3. The van der Waals surface area contributed by atoms with Gasteiger partial charge in [0.05, 0.1) is 18.4 Å². The average Bonchev–Trinajstić information content (AvgIpc) is 3.48. The maximum atomic E-state index is 14.6. The zero-order chi connectivity index (χ0) is 24.9. The van der Waals surface area contributed by atoms with E-state index in [9.17, 15) is 14.0 Å². The number of hydrazone groups is 1. The van der Waals surface area contributed by atoms with Crippen LogP contribution < -0.4 is 14.8 Å². The molecule has 0 saturated carbocycles. The van der Waals surface area contributed by atoms with Crippen LogP contribution in [-0.4, -0.2) is 67.2 Å². The molecule has 1 atom stereocenters. The van der Waals surface area contributed by atoms with Gasteiger partial charge in [-0.3, -0.25) is 4.79 Å². The zero-order valence-electron chi connectivity index (χ0n) is 20.0. The Labute approximate surface area is 203 Å². The number of nitrogens with one attached hydrogen (secondary N) is 1. The fraction of sp³-hybridized carbons (Fsp3) is 0.400. The Bertz CT molecular complexity index is 1120. The first kappa shape index (κ1) is 24.5. The fourth-order valence-electron chi connectivity index (χ4n) is 4.01. The van der Waals surface area contributed by atoms with Gasteiger partial charge in [-0.1, -0.05) is 24.3 Å². The molecule has 2 aromatic carbocycles. The van der Waals surface area contributed by atoms with Gasteiger partial charge in [0, 0.05) is 31.7 Å². The molecule has 0 fully saturated rings. The van der Waals surface area contributed by atoms with Crippen LogP contribution in [0.4, 0.5) is 9.18 Å². The van der Waals surface area contributed by atoms with E-state index in [0.29, 0.717) is 29.2 Å². The van der Waals surface area contributed by atoms with Crippen LogP contribution in [0.25, 0.3) is 0 Å². The summed E-state index contributed by atoms with van der Waals surface area (Å²) in [6.45, 7) is 4.10. The molecule has 0 aromatic heterocycles. The van der Waals surface area contributed by atoms with Crippen LogP contribution >= 0.6 is 0 Å². The van der Waals surface area contributed by atoms with Crippen molar-refractivity contribution < 1.29 is 28.2 Å². The Morgan fingerprint density at radius 3 is 2.74 bits per heavy atom. The number of carbonyl (C=O) groups is 2. The average molecular weight is 485 g/mol. The van der Waals surface area contributed by atoms with Crippen molar-refractivity contribution in [2.24, 2.45) is 5.10 Å². The number of benzene rings is 2. The third kappa shape index (κ3) is 5.54. The molecule has 4 rings (SSSR count). The number of hydrogen-bond donors (Lipinski definition) is 1. The number of fused-ring (bicyclic) bond motifs is 1. The maximum absolute atomic E-state index is 14.6. The lowest BCUT2D eigenvalue weighted by molar-refractivity contribution is -0.133. The molecule has 3 amide bonds. The Hall–Kier alpha value is -3.66. The molecule has 9 nitrogen and oxygen atoms in total. The van der Waals surface area contributed by atoms with Crippen LogP contribution in [0.2, 0.25) is 0 Å². The van der Waals surface area contributed by atoms with E-state index in [4.69, 9.17) is 14.2 Å². The van der Waals surface area contributed by atoms with E-state index in [0.717, 1.165) is 5.56 Å². The topological polar surface area (TPSA) is 92.7 Å². The molecule has 0 radical (unpaired) electrons. The van der Waals surface area contributed by atoms with Gasteiger partial charge in [-0.05, 0) is 37.6 Å². The number of nitrogens with zero attached hydrogens (tertiary/aromatic N) is 3. The van der Waals surface area contributed by atoms with Gasteiger partial charge in [0.25, 0.3) is 5.91 Å². The molecule has 35 heavy (non-hydrogen) atoms. The van der Waals surface area contributed by atoms with Gasteiger partial charge in [0.15, 0.2) is 11.5 Å². The zero-order valence-corrected chi connectivity index (χ0v) is 20.0. The molecule has 0 saturated heterocycles. The van der Waals surface area contributed by atoms with Gasteiger partial charge >= 0.3 is 6.03 Å². The molecule has 0 spiro atoms. The van der Waals surface area contributed by atoms with E-state index >= 15 is 0 Å². The molecule has 2 aromatic rings. The smallest absolute Gasteiger partial charge is 0.318 e. The predicted molar refractivity (Wildman–Crippen MR) is 127 cm³/mol. The molecule has 0 unspecified atom stereocenters. The van der Waals surface area contributed by atoms with Crippen LogP contribution in [0.3, 0.4) is 0 Å². The largest absolute Gasteiger partial charge is 0.454 e. The Balaban J connectivity index is 1.63. The number of halogens is 1.